The number of rotatable bonds is 13. The van der Waals surface area contributed by atoms with Gasteiger partial charge in [-0.15, -0.1) is 0 Å². The van der Waals surface area contributed by atoms with Crippen LogP contribution in [0.5, 0.6) is 5.75 Å². The molecule has 4 N–H and O–H groups in total. The minimum absolute atomic E-state index is 0.0153. The molecular weight excluding hydrogens is 576 g/mol. The Labute approximate surface area is 247 Å². The lowest BCUT2D eigenvalue weighted by Gasteiger charge is -2.40. The summed E-state index contributed by atoms with van der Waals surface area (Å²) in [4.78, 5) is 36.8. The second-order valence-corrected chi connectivity index (χ2v) is 11.3. The average molecular weight is 612 g/mol. The Morgan fingerprint density at radius 1 is 1.05 bits per heavy atom. The lowest BCUT2D eigenvalue weighted by molar-refractivity contribution is -0.144. The molecule has 2 amide bonds. The molecule has 0 spiro atoms. The predicted octanol–water partition coefficient (Wildman–Crippen LogP) is 1.32. The molecular formula is C28H36ClF2N5O6. The lowest BCUT2D eigenvalue weighted by Crippen LogP contribution is -2.63. The van der Waals surface area contributed by atoms with E-state index in [0.29, 0.717) is 23.5 Å². The number of amides is 2. The van der Waals surface area contributed by atoms with Gasteiger partial charge in [-0.2, -0.15) is 0 Å². The van der Waals surface area contributed by atoms with Crippen LogP contribution in [0.1, 0.15) is 31.2 Å². The van der Waals surface area contributed by atoms with E-state index in [1.165, 1.54) is 4.90 Å². The lowest BCUT2D eigenvalue weighted by atomic mass is 9.92. The van der Waals surface area contributed by atoms with Gasteiger partial charge in [0.1, 0.15) is 22.9 Å². The van der Waals surface area contributed by atoms with Crippen LogP contribution >= 0.6 is 11.6 Å². The maximum absolute atomic E-state index is 14.7. The highest BCUT2D eigenvalue weighted by Gasteiger charge is 2.39. The third-order valence-corrected chi connectivity index (χ3v) is 8.07. The first-order valence-electron chi connectivity index (χ1n) is 13.9. The number of halogens is 3. The number of aliphatic hydroxyl groups is 3. The van der Waals surface area contributed by atoms with Crippen LogP contribution in [0.3, 0.4) is 0 Å². The van der Waals surface area contributed by atoms with E-state index in [2.05, 4.69) is 20.2 Å². The summed E-state index contributed by atoms with van der Waals surface area (Å²) in [6, 6.07) is 2.14. The molecule has 230 valence electrons. The molecule has 42 heavy (non-hydrogen) atoms. The normalized spacial score (nSPS) is 16.3. The van der Waals surface area contributed by atoms with Crippen molar-refractivity contribution in [3.8, 4) is 5.75 Å². The molecule has 3 heterocycles. The van der Waals surface area contributed by atoms with Crippen LogP contribution < -0.4 is 15.0 Å². The Balaban J connectivity index is 1.17. The molecule has 2 fully saturated rings. The summed E-state index contributed by atoms with van der Waals surface area (Å²) >= 11 is 5.85. The zero-order valence-electron chi connectivity index (χ0n) is 23.1. The second kappa shape index (κ2) is 14.4. The minimum atomic E-state index is -1.57. The molecule has 2 aliphatic heterocycles. The molecule has 2 aliphatic rings. The fourth-order valence-electron chi connectivity index (χ4n) is 5.03. The van der Waals surface area contributed by atoms with Crippen molar-refractivity contribution in [2.45, 2.75) is 37.6 Å². The van der Waals surface area contributed by atoms with Crippen LogP contribution in [-0.4, -0.2) is 100 Å². The molecule has 0 atom stereocenters. The summed E-state index contributed by atoms with van der Waals surface area (Å²) in [7, 11) is 0. The number of hydrogen-bond donors (Lipinski definition) is 4. The number of carbonyl (C=O) groups is 2. The van der Waals surface area contributed by atoms with E-state index in [1.807, 2.05) is 0 Å². The number of likely N-dealkylation sites (tertiary alicyclic amines) is 1. The molecule has 2 aromatic rings. The summed E-state index contributed by atoms with van der Waals surface area (Å²) in [6.07, 6.45) is 6.26. The highest BCUT2D eigenvalue weighted by Crippen LogP contribution is 2.26. The van der Waals surface area contributed by atoms with Crippen molar-refractivity contribution in [3.63, 3.8) is 0 Å². The first kappa shape index (κ1) is 31.8. The number of piperidine rings is 1. The van der Waals surface area contributed by atoms with Crippen LogP contribution in [0.15, 0.2) is 24.5 Å². The van der Waals surface area contributed by atoms with Crippen molar-refractivity contribution in [1.29, 1.82) is 0 Å². The molecule has 0 saturated carbocycles. The van der Waals surface area contributed by atoms with E-state index < -0.39 is 61.1 Å². The van der Waals surface area contributed by atoms with Crippen molar-refractivity contribution >= 4 is 29.4 Å². The van der Waals surface area contributed by atoms with E-state index in [-0.39, 0.29) is 24.4 Å². The summed E-state index contributed by atoms with van der Waals surface area (Å²) in [5, 5.41) is 30.9. The van der Waals surface area contributed by atoms with Crippen LogP contribution in [0.4, 0.5) is 14.7 Å². The molecule has 0 unspecified atom stereocenters. The van der Waals surface area contributed by atoms with Gasteiger partial charge in [-0.25, -0.2) is 18.7 Å². The number of carbonyl (C=O) groups excluding carboxylic acids is 2. The smallest absolute Gasteiger partial charge is 0.227 e. The van der Waals surface area contributed by atoms with Gasteiger partial charge in [0.05, 0.1) is 56.2 Å². The third kappa shape index (κ3) is 7.82. The van der Waals surface area contributed by atoms with E-state index >= 15 is 0 Å². The summed E-state index contributed by atoms with van der Waals surface area (Å²) in [5.41, 5.74) is -1.94. The van der Waals surface area contributed by atoms with Gasteiger partial charge in [-0.3, -0.25) is 9.59 Å². The maximum atomic E-state index is 14.7. The van der Waals surface area contributed by atoms with Gasteiger partial charge in [-0.1, -0.05) is 11.6 Å². The molecule has 1 aromatic heterocycles. The Bertz CT molecular complexity index is 1190. The third-order valence-electron chi connectivity index (χ3n) is 7.87. The van der Waals surface area contributed by atoms with E-state index in [1.54, 1.807) is 12.4 Å². The number of nitrogens with zero attached hydrogens (tertiary/aromatic N) is 4. The monoisotopic (exact) mass is 611 g/mol. The van der Waals surface area contributed by atoms with Gasteiger partial charge >= 0.3 is 0 Å². The number of nitrogens with one attached hydrogen (secondary N) is 1. The predicted molar refractivity (Wildman–Crippen MR) is 149 cm³/mol. The fraction of sp³-hybridized carbons (Fsp3) is 0.571. The Hall–Kier alpha value is -3.13. The van der Waals surface area contributed by atoms with Crippen LogP contribution in [0, 0.1) is 23.5 Å². The van der Waals surface area contributed by atoms with Crippen molar-refractivity contribution in [2.24, 2.45) is 11.8 Å². The summed E-state index contributed by atoms with van der Waals surface area (Å²) in [5.74, 6) is -2.27. The summed E-state index contributed by atoms with van der Waals surface area (Å²) in [6.45, 7) is 0.0177. The quantitative estimate of drug-likeness (QED) is 0.246. The van der Waals surface area contributed by atoms with Crippen molar-refractivity contribution in [1.82, 2.24) is 20.2 Å². The highest BCUT2D eigenvalue weighted by atomic mass is 35.5. The maximum Gasteiger partial charge on any atom is 0.227 e. The molecule has 0 aliphatic carbocycles. The van der Waals surface area contributed by atoms with E-state index in [0.717, 1.165) is 50.9 Å². The van der Waals surface area contributed by atoms with E-state index in [4.69, 9.17) is 16.3 Å². The molecule has 0 bridgehead atoms. The Kier molecular flexibility index (Phi) is 10.9. The van der Waals surface area contributed by atoms with E-state index in [9.17, 15) is 33.7 Å². The zero-order valence-corrected chi connectivity index (χ0v) is 23.9. The van der Waals surface area contributed by atoms with Crippen LogP contribution in [0.2, 0.25) is 5.02 Å². The topological polar surface area (TPSA) is 148 Å². The number of aliphatic hydroxyl groups excluding tert-OH is 3. The summed E-state index contributed by atoms with van der Waals surface area (Å²) < 4.78 is 35.0. The number of aromatic nitrogens is 2. The largest absolute Gasteiger partial charge is 0.493 e. The fourth-order valence-corrected chi connectivity index (χ4v) is 5.13. The van der Waals surface area contributed by atoms with Crippen LogP contribution in [0.25, 0.3) is 0 Å². The first-order valence-corrected chi connectivity index (χ1v) is 14.3. The van der Waals surface area contributed by atoms with Gasteiger partial charge in [0.2, 0.25) is 17.8 Å². The highest BCUT2D eigenvalue weighted by molar-refractivity contribution is 6.30. The zero-order chi connectivity index (χ0) is 30.3. The number of ether oxygens (including phenoxy) is 1. The molecule has 2 saturated heterocycles. The first-order chi connectivity index (χ1) is 20.2. The standard InChI is InChI=1S/C28H36ClF2N5O6/c29-20-11-32-27(33-12-20)35-5-3-18(4-6-35)2-1-7-42-21-8-23(30)22(24(31)9-21)10-25(40)36-13-19(14-36)26(41)34-28(15-37,16-38)17-39/h8-9,11-12,18-19,37-39H,1-7,10,13-17H2,(H,34,41). The molecule has 1 aromatic carbocycles. The number of hydrogen-bond acceptors (Lipinski definition) is 9. The average Bonchev–Trinajstić information content (AvgIpc) is 2.96. The number of benzene rings is 1. The molecule has 14 heteroatoms. The van der Waals surface area contributed by atoms with Crippen molar-refractivity contribution < 1.29 is 38.4 Å². The van der Waals surface area contributed by atoms with Gasteiger partial charge in [-0.05, 0) is 31.6 Å². The SMILES string of the molecule is O=C(NC(CO)(CO)CO)C1CN(C(=O)Cc2c(F)cc(OCCCC3CCN(c4ncc(Cl)cn4)CC3)cc2F)C1. The molecule has 4 rings (SSSR count). The van der Waals surface area contributed by atoms with Gasteiger partial charge in [0, 0.05) is 43.9 Å². The number of anilines is 1. The minimum Gasteiger partial charge on any atom is -0.493 e. The van der Waals surface area contributed by atoms with Gasteiger partial charge in [0.15, 0.2) is 0 Å². The Morgan fingerprint density at radius 2 is 1.64 bits per heavy atom. The molecule has 0 radical (unpaired) electrons. The van der Waals surface area contributed by atoms with Gasteiger partial charge < -0.3 is 35.2 Å². The molecule has 11 nitrogen and oxygen atoms in total. The van der Waals surface area contributed by atoms with Gasteiger partial charge in [0.25, 0.3) is 0 Å². The van der Waals surface area contributed by atoms with Crippen molar-refractivity contribution in [3.05, 3.63) is 46.7 Å². The van der Waals surface area contributed by atoms with Crippen molar-refractivity contribution in [2.75, 3.05) is 57.5 Å². The Morgan fingerprint density at radius 3 is 2.21 bits per heavy atom. The van der Waals surface area contributed by atoms with Crippen LogP contribution in [-0.2, 0) is 16.0 Å². The second-order valence-electron chi connectivity index (χ2n) is 10.9.